The first kappa shape index (κ1) is 39.3. The molecule has 0 bridgehead atoms. The molecular formula is C47H42N8O5. The molecule has 4 aromatic carbocycles. The van der Waals surface area contributed by atoms with Gasteiger partial charge in [-0.1, -0.05) is 60.7 Å². The summed E-state index contributed by atoms with van der Waals surface area (Å²) in [6.07, 6.45) is 8.79. The predicted octanol–water partition coefficient (Wildman–Crippen LogP) is 7.70. The SMILES string of the molecule is CC(C)OC(=O)c1ccc(NC(=O)Cc2ccc(-c3ccn4ncnc4c3)cc2)cc1.O=C(Cc1ccc(-c2ccn3ncnc3c2)cc1)Nc1ccc(C2(O)CC2)cc1. The molecule has 0 radical (unpaired) electrons. The first-order valence-electron chi connectivity index (χ1n) is 19.6. The average molecular weight is 799 g/mol. The molecule has 13 heteroatoms. The largest absolute Gasteiger partial charge is 0.459 e. The normalized spacial score (nSPS) is 12.7. The smallest absolute Gasteiger partial charge is 0.338 e. The Morgan fingerprint density at radius 2 is 1.08 bits per heavy atom. The molecule has 3 N–H and O–H groups in total. The fourth-order valence-electron chi connectivity index (χ4n) is 6.64. The number of amides is 2. The van der Waals surface area contributed by atoms with Crippen molar-refractivity contribution in [1.29, 1.82) is 0 Å². The number of aromatic nitrogens is 6. The fourth-order valence-corrected chi connectivity index (χ4v) is 6.64. The molecule has 8 aromatic rings. The molecule has 9 rings (SSSR count). The van der Waals surface area contributed by atoms with Gasteiger partial charge in [-0.25, -0.2) is 23.8 Å². The van der Waals surface area contributed by atoms with Crippen LogP contribution in [0, 0.1) is 0 Å². The van der Waals surface area contributed by atoms with Gasteiger partial charge in [0.15, 0.2) is 11.3 Å². The average Bonchev–Trinajstić information content (AvgIpc) is 3.58. The lowest BCUT2D eigenvalue weighted by molar-refractivity contribution is -0.116. The highest BCUT2D eigenvalue weighted by atomic mass is 16.5. The topological polar surface area (TPSA) is 165 Å². The summed E-state index contributed by atoms with van der Waals surface area (Å²) in [5, 5.41) is 24.1. The maximum Gasteiger partial charge on any atom is 0.338 e. The van der Waals surface area contributed by atoms with Gasteiger partial charge in [-0.15, -0.1) is 0 Å². The van der Waals surface area contributed by atoms with Crippen molar-refractivity contribution in [3.05, 3.63) is 169 Å². The van der Waals surface area contributed by atoms with E-state index in [9.17, 15) is 19.5 Å². The molecule has 2 amide bonds. The quantitative estimate of drug-likeness (QED) is 0.111. The minimum absolute atomic E-state index is 0.0690. The number of carbonyl (C=O) groups is 3. The van der Waals surface area contributed by atoms with E-state index < -0.39 is 5.60 Å². The summed E-state index contributed by atoms with van der Waals surface area (Å²) in [6, 6.07) is 37.8. The van der Waals surface area contributed by atoms with Crippen LogP contribution in [0.5, 0.6) is 0 Å². The van der Waals surface area contributed by atoms with Crippen LogP contribution >= 0.6 is 0 Å². The molecule has 300 valence electrons. The molecule has 0 saturated heterocycles. The van der Waals surface area contributed by atoms with E-state index in [-0.39, 0.29) is 30.3 Å². The maximum absolute atomic E-state index is 12.4. The van der Waals surface area contributed by atoms with Crippen LogP contribution in [-0.4, -0.2) is 58.2 Å². The number of fused-ring (bicyclic) bond motifs is 2. The lowest BCUT2D eigenvalue weighted by Gasteiger charge is -2.10. The third kappa shape index (κ3) is 9.60. The predicted molar refractivity (Wildman–Crippen MR) is 228 cm³/mol. The maximum atomic E-state index is 12.4. The van der Waals surface area contributed by atoms with Crippen molar-refractivity contribution < 1.29 is 24.2 Å². The van der Waals surface area contributed by atoms with Gasteiger partial charge in [0.1, 0.15) is 12.7 Å². The summed E-state index contributed by atoms with van der Waals surface area (Å²) in [5.41, 5.74) is 9.70. The van der Waals surface area contributed by atoms with Crippen LogP contribution in [0.2, 0.25) is 0 Å². The number of ether oxygens (including phenoxy) is 1. The van der Waals surface area contributed by atoms with Gasteiger partial charge < -0.3 is 20.5 Å². The number of anilines is 2. The number of rotatable bonds is 11. The molecule has 1 saturated carbocycles. The Kier molecular flexibility index (Phi) is 11.2. The van der Waals surface area contributed by atoms with Gasteiger partial charge in [0.25, 0.3) is 0 Å². The summed E-state index contributed by atoms with van der Waals surface area (Å²) in [7, 11) is 0. The number of hydrogen-bond acceptors (Lipinski definition) is 9. The second-order valence-corrected chi connectivity index (χ2v) is 14.9. The third-order valence-electron chi connectivity index (χ3n) is 10.0. The first-order valence-corrected chi connectivity index (χ1v) is 19.6. The van der Waals surface area contributed by atoms with Crippen LogP contribution < -0.4 is 10.6 Å². The third-order valence-corrected chi connectivity index (χ3v) is 10.0. The molecule has 4 heterocycles. The van der Waals surface area contributed by atoms with Crippen LogP contribution in [0.15, 0.2) is 146 Å². The molecule has 1 fully saturated rings. The summed E-state index contributed by atoms with van der Waals surface area (Å²) < 4.78 is 8.59. The Hall–Kier alpha value is -7.51. The molecule has 0 unspecified atom stereocenters. The highest BCUT2D eigenvalue weighted by molar-refractivity contribution is 5.94. The number of hydrogen-bond donors (Lipinski definition) is 3. The summed E-state index contributed by atoms with van der Waals surface area (Å²) in [4.78, 5) is 45.1. The van der Waals surface area contributed by atoms with Gasteiger partial charge in [-0.3, -0.25) is 9.59 Å². The van der Waals surface area contributed by atoms with Crippen molar-refractivity contribution in [3.63, 3.8) is 0 Å². The lowest BCUT2D eigenvalue weighted by Crippen LogP contribution is -2.15. The van der Waals surface area contributed by atoms with Gasteiger partial charge in [-0.05, 0) is 126 Å². The van der Waals surface area contributed by atoms with Crippen molar-refractivity contribution in [2.75, 3.05) is 10.6 Å². The Morgan fingerprint density at radius 3 is 1.52 bits per heavy atom. The Balaban J connectivity index is 0.000000167. The Labute approximate surface area is 345 Å². The lowest BCUT2D eigenvalue weighted by atomic mass is 10.0. The van der Waals surface area contributed by atoms with Gasteiger partial charge in [0.2, 0.25) is 11.8 Å². The van der Waals surface area contributed by atoms with Crippen molar-refractivity contribution in [3.8, 4) is 22.3 Å². The Bertz CT molecular complexity index is 2770. The molecule has 1 aliphatic rings. The van der Waals surface area contributed by atoms with E-state index in [2.05, 4.69) is 30.8 Å². The van der Waals surface area contributed by atoms with Crippen molar-refractivity contribution in [1.82, 2.24) is 29.2 Å². The van der Waals surface area contributed by atoms with Gasteiger partial charge >= 0.3 is 5.97 Å². The molecule has 0 spiro atoms. The summed E-state index contributed by atoms with van der Waals surface area (Å²) in [6.45, 7) is 3.60. The summed E-state index contributed by atoms with van der Waals surface area (Å²) >= 11 is 0. The molecule has 0 aliphatic heterocycles. The zero-order chi connectivity index (χ0) is 41.6. The minimum atomic E-state index is -0.650. The van der Waals surface area contributed by atoms with E-state index in [1.54, 1.807) is 47.1 Å². The standard InChI is InChI=1S/C24H22N4O3.C23H20N4O2/c1-16(2)31-24(30)19-7-9-21(10-8-19)27-23(29)13-17-3-5-18(6-4-17)20-11-12-28-22(14-20)25-15-26-28;28-22(26-20-7-5-19(6-8-20)23(29)10-11-23)13-16-1-3-17(4-2-16)18-9-12-27-21(14-18)24-15-25-27/h3-12,14-16H,13H2,1-2H3,(H,27,29);1-9,12,14-15,29H,10-11,13H2,(H,26,28). The van der Waals surface area contributed by atoms with E-state index in [0.717, 1.165) is 68.8 Å². The summed E-state index contributed by atoms with van der Waals surface area (Å²) in [5.74, 6) is -0.577. The van der Waals surface area contributed by atoms with E-state index >= 15 is 0 Å². The van der Waals surface area contributed by atoms with E-state index in [1.807, 2.05) is 109 Å². The number of pyridine rings is 2. The number of aliphatic hydroxyl groups is 1. The van der Waals surface area contributed by atoms with E-state index in [4.69, 9.17) is 4.74 Å². The molecule has 0 atom stereocenters. The highest BCUT2D eigenvalue weighted by Gasteiger charge is 2.41. The second-order valence-electron chi connectivity index (χ2n) is 14.9. The second kappa shape index (κ2) is 17.1. The number of esters is 1. The molecule has 1 aliphatic carbocycles. The van der Waals surface area contributed by atoms with Crippen LogP contribution in [0.3, 0.4) is 0 Å². The van der Waals surface area contributed by atoms with Crippen molar-refractivity contribution in [2.24, 2.45) is 0 Å². The van der Waals surface area contributed by atoms with Crippen LogP contribution in [-0.2, 0) is 32.8 Å². The number of nitrogens with one attached hydrogen (secondary N) is 2. The zero-order valence-electron chi connectivity index (χ0n) is 33.0. The van der Waals surface area contributed by atoms with Crippen LogP contribution in [0.4, 0.5) is 11.4 Å². The zero-order valence-corrected chi connectivity index (χ0v) is 33.0. The Morgan fingerprint density at radius 1 is 0.633 bits per heavy atom. The van der Waals surface area contributed by atoms with Crippen LogP contribution in [0.25, 0.3) is 33.5 Å². The first-order chi connectivity index (χ1) is 29.1. The fraction of sp³-hybridized carbons (Fsp3) is 0.170. The number of nitrogens with zero attached hydrogens (tertiary/aromatic N) is 6. The molecular weight excluding hydrogens is 757 g/mol. The van der Waals surface area contributed by atoms with Crippen LogP contribution in [0.1, 0.15) is 53.7 Å². The minimum Gasteiger partial charge on any atom is -0.459 e. The highest BCUT2D eigenvalue weighted by Crippen LogP contribution is 2.45. The van der Waals surface area contributed by atoms with Crippen molar-refractivity contribution >= 4 is 40.5 Å². The molecule has 13 nitrogen and oxygen atoms in total. The number of carbonyl (C=O) groups excluding carboxylic acids is 3. The van der Waals surface area contributed by atoms with E-state index in [1.165, 1.54) is 12.7 Å². The van der Waals surface area contributed by atoms with Gasteiger partial charge in [0.05, 0.1) is 30.1 Å². The van der Waals surface area contributed by atoms with Gasteiger partial charge in [-0.2, -0.15) is 10.2 Å². The van der Waals surface area contributed by atoms with E-state index in [0.29, 0.717) is 17.7 Å². The number of benzene rings is 4. The van der Waals surface area contributed by atoms with Gasteiger partial charge in [0, 0.05) is 23.8 Å². The van der Waals surface area contributed by atoms with Crippen molar-refractivity contribution in [2.45, 2.75) is 51.2 Å². The molecule has 4 aromatic heterocycles. The monoisotopic (exact) mass is 798 g/mol. The molecule has 60 heavy (non-hydrogen) atoms.